The van der Waals surface area contributed by atoms with Crippen molar-refractivity contribution in [1.29, 1.82) is 0 Å². The highest BCUT2D eigenvalue weighted by Crippen LogP contribution is 2.31. The van der Waals surface area contributed by atoms with Crippen LogP contribution in [-0.4, -0.2) is 43.2 Å². The van der Waals surface area contributed by atoms with Crippen LogP contribution in [0.2, 0.25) is 5.28 Å². The molecule has 0 bridgehead atoms. The highest BCUT2D eigenvalue weighted by molar-refractivity contribution is 6.28. The number of anilines is 2. The van der Waals surface area contributed by atoms with E-state index in [0.29, 0.717) is 10.8 Å². The summed E-state index contributed by atoms with van der Waals surface area (Å²) in [6.07, 6.45) is 8.73. The van der Waals surface area contributed by atoms with Gasteiger partial charge in [-0.3, -0.25) is 0 Å². The van der Waals surface area contributed by atoms with Crippen LogP contribution in [0, 0.1) is 12.7 Å². The lowest BCUT2D eigenvalue weighted by molar-refractivity contribution is 0.410. The number of rotatable bonds is 5. The van der Waals surface area contributed by atoms with Crippen LogP contribution in [0.4, 0.5) is 24.8 Å². The van der Waals surface area contributed by atoms with Gasteiger partial charge in [0, 0.05) is 41.0 Å². The molecule has 200 valence electrons. The number of alkyl halides is 1. The van der Waals surface area contributed by atoms with Crippen LogP contribution < -0.4 is 21.2 Å². The van der Waals surface area contributed by atoms with Crippen molar-refractivity contribution in [3.05, 3.63) is 44.8 Å². The molecule has 11 heteroatoms. The quantitative estimate of drug-likeness (QED) is 0.405. The maximum atomic E-state index is 15.1. The minimum atomic E-state index is -1.43. The Morgan fingerprint density at radius 2 is 1.74 bits per heavy atom. The minimum Gasteiger partial charge on any atom is -0.367 e. The fraction of sp³-hybridized carbons (Fsp3) is 0.481. The van der Waals surface area contributed by atoms with E-state index in [4.69, 9.17) is 11.6 Å². The summed E-state index contributed by atoms with van der Waals surface area (Å²) in [6, 6.07) is 0.105. The number of fused-ring (bicyclic) bond motifs is 2. The zero-order valence-corrected chi connectivity index (χ0v) is 21.8. The van der Waals surface area contributed by atoms with Gasteiger partial charge in [-0.1, -0.05) is 0 Å². The molecule has 3 N–H and O–H groups in total. The zero-order chi connectivity index (χ0) is 26.4. The van der Waals surface area contributed by atoms with Crippen molar-refractivity contribution >= 4 is 35.1 Å². The number of aromatic amines is 1. The first-order valence-corrected chi connectivity index (χ1v) is 13.6. The number of hydrogen-bond donors (Lipinski definition) is 3. The van der Waals surface area contributed by atoms with E-state index in [-0.39, 0.29) is 46.5 Å². The molecule has 3 aromatic heterocycles. The number of aromatic nitrogens is 5. The molecule has 1 fully saturated rings. The predicted molar refractivity (Wildman–Crippen MR) is 141 cm³/mol. The summed E-state index contributed by atoms with van der Waals surface area (Å²) in [4.78, 5) is 20.5. The Bertz CT molecular complexity index is 1510. The van der Waals surface area contributed by atoms with Crippen LogP contribution >= 0.6 is 11.6 Å². The van der Waals surface area contributed by atoms with E-state index < -0.39 is 17.8 Å². The standard InChI is InChI=1S/C27H29ClF3N7/c1-13-22(31)26(37-25(33-13)19-12-32-23-18(19)9-14(29)10-20(23)30)35-16-6-4-5-15(11-16)34-24-17-7-2-3-8-21(17)36-27(28)38-24/h9,12,14-16,32H,2-8,10-11H2,1H3,(H,33,35,37)(H,34,36,38)/t14?,15-,16+/m1/s1. The molecular formula is C27H29ClF3N7. The minimum absolute atomic E-state index is 0.0289. The second-order valence-corrected chi connectivity index (χ2v) is 10.7. The van der Waals surface area contributed by atoms with Crippen LogP contribution in [0.1, 0.15) is 61.9 Å². The Labute approximate surface area is 223 Å². The number of hydrogen-bond acceptors (Lipinski definition) is 6. The summed E-state index contributed by atoms with van der Waals surface area (Å²) in [5.41, 5.74) is 2.78. The number of aryl methyl sites for hydroxylation is 2. The molecule has 7 nitrogen and oxygen atoms in total. The number of H-pyrrole nitrogens is 1. The van der Waals surface area contributed by atoms with Gasteiger partial charge in [0.15, 0.2) is 17.5 Å². The first-order valence-electron chi connectivity index (χ1n) is 13.2. The van der Waals surface area contributed by atoms with Crippen LogP contribution in [-0.2, 0) is 12.8 Å². The van der Waals surface area contributed by atoms with Crippen molar-refractivity contribution in [2.24, 2.45) is 0 Å². The lowest BCUT2D eigenvalue weighted by atomic mass is 9.90. The van der Waals surface area contributed by atoms with Crippen LogP contribution in [0.3, 0.4) is 0 Å². The summed E-state index contributed by atoms with van der Waals surface area (Å²) >= 11 is 6.21. The Hall–Kier alpha value is -3.14. The van der Waals surface area contributed by atoms with Crippen LogP contribution in [0.25, 0.3) is 23.3 Å². The Morgan fingerprint density at radius 3 is 2.55 bits per heavy atom. The average molecular weight is 544 g/mol. The Balaban J connectivity index is 1.24. The Morgan fingerprint density at radius 1 is 0.974 bits per heavy atom. The Kier molecular flexibility index (Phi) is 6.75. The molecule has 1 saturated carbocycles. The second-order valence-electron chi connectivity index (χ2n) is 10.4. The highest BCUT2D eigenvalue weighted by atomic mass is 35.5. The fourth-order valence-electron chi connectivity index (χ4n) is 5.83. The van der Waals surface area contributed by atoms with Gasteiger partial charge in [-0.2, -0.15) is 0 Å². The van der Waals surface area contributed by atoms with Gasteiger partial charge < -0.3 is 15.6 Å². The van der Waals surface area contributed by atoms with Gasteiger partial charge in [0.25, 0.3) is 0 Å². The molecule has 6 rings (SSSR count). The van der Waals surface area contributed by atoms with E-state index in [1.54, 1.807) is 13.1 Å². The first kappa shape index (κ1) is 25.2. The third-order valence-electron chi connectivity index (χ3n) is 7.68. The molecule has 0 aromatic carbocycles. The van der Waals surface area contributed by atoms with E-state index >= 15 is 4.39 Å². The first-order chi connectivity index (χ1) is 18.4. The summed E-state index contributed by atoms with van der Waals surface area (Å²) in [7, 11) is 0. The van der Waals surface area contributed by atoms with Crippen molar-refractivity contribution in [2.75, 3.05) is 10.6 Å². The van der Waals surface area contributed by atoms with Gasteiger partial charge in [0.2, 0.25) is 5.28 Å². The maximum absolute atomic E-state index is 15.1. The summed E-state index contributed by atoms with van der Waals surface area (Å²) in [5.74, 6) is 0.0307. The van der Waals surface area contributed by atoms with E-state index in [2.05, 4.69) is 35.6 Å². The summed E-state index contributed by atoms with van der Waals surface area (Å²) in [5, 5.41) is 7.71. The molecule has 3 aliphatic carbocycles. The molecule has 0 amide bonds. The summed E-state index contributed by atoms with van der Waals surface area (Å²) in [6.45, 7) is 1.56. The molecular weight excluding hydrogens is 515 g/mol. The van der Waals surface area contributed by atoms with Gasteiger partial charge in [-0.25, -0.2) is 33.1 Å². The van der Waals surface area contributed by atoms with Gasteiger partial charge in [-0.15, -0.1) is 0 Å². The molecule has 3 aromatic rings. The van der Waals surface area contributed by atoms with E-state index in [1.807, 2.05) is 0 Å². The van der Waals surface area contributed by atoms with Crippen LogP contribution in [0.15, 0.2) is 6.20 Å². The third-order valence-corrected chi connectivity index (χ3v) is 7.85. The lowest BCUT2D eigenvalue weighted by Gasteiger charge is -2.32. The highest BCUT2D eigenvalue weighted by Gasteiger charge is 2.27. The van der Waals surface area contributed by atoms with Crippen molar-refractivity contribution in [1.82, 2.24) is 24.9 Å². The molecule has 0 saturated heterocycles. The third kappa shape index (κ3) is 4.86. The van der Waals surface area contributed by atoms with Gasteiger partial charge >= 0.3 is 0 Å². The van der Waals surface area contributed by atoms with Crippen molar-refractivity contribution in [3.63, 3.8) is 0 Å². The van der Waals surface area contributed by atoms with Gasteiger partial charge in [0.1, 0.15) is 17.8 Å². The average Bonchev–Trinajstić information content (AvgIpc) is 3.31. The molecule has 3 heterocycles. The van der Waals surface area contributed by atoms with E-state index in [9.17, 15) is 8.78 Å². The fourth-order valence-corrected chi connectivity index (χ4v) is 6.01. The van der Waals surface area contributed by atoms with Gasteiger partial charge in [0.05, 0.1) is 16.7 Å². The summed E-state index contributed by atoms with van der Waals surface area (Å²) < 4.78 is 43.5. The largest absolute Gasteiger partial charge is 0.367 e. The van der Waals surface area contributed by atoms with E-state index in [0.717, 1.165) is 68.4 Å². The van der Waals surface area contributed by atoms with Crippen molar-refractivity contribution in [2.45, 2.75) is 83.0 Å². The maximum Gasteiger partial charge on any atom is 0.224 e. The number of nitrogens with zero attached hydrogens (tertiary/aromatic N) is 4. The zero-order valence-electron chi connectivity index (χ0n) is 21.1. The molecule has 3 atom stereocenters. The van der Waals surface area contributed by atoms with Crippen molar-refractivity contribution < 1.29 is 13.2 Å². The predicted octanol–water partition coefficient (Wildman–Crippen LogP) is 4.68. The van der Waals surface area contributed by atoms with Gasteiger partial charge in [-0.05, 0) is 76.0 Å². The molecule has 38 heavy (non-hydrogen) atoms. The number of nitrogens with one attached hydrogen (secondary N) is 3. The number of halogens is 4. The molecule has 0 aliphatic heterocycles. The smallest absolute Gasteiger partial charge is 0.224 e. The SMILES string of the molecule is Cc1nc(-c2c[nH]c3c2=CC(F)CC=3F)nc(N[C@H]2CCC[C@@H](Nc3nc(Cl)nc4c3CCCC4)C2)c1F. The topological polar surface area (TPSA) is 91.4 Å². The van der Waals surface area contributed by atoms with Crippen molar-refractivity contribution in [3.8, 4) is 11.4 Å². The van der Waals surface area contributed by atoms with Crippen LogP contribution in [0.5, 0.6) is 0 Å². The monoisotopic (exact) mass is 543 g/mol. The molecule has 1 unspecified atom stereocenters. The molecule has 3 aliphatic rings. The van der Waals surface area contributed by atoms with E-state index in [1.165, 1.54) is 6.08 Å². The molecule has 0 spiro atoms. The second kappa shape index (κ2) is 10.2. The molecule has 0 radical (unpaired) electrons. The normalized spacial score (nSPS) is 22.9. The lowest BCUT2D eigenvalue weighted by Crippen LogP contribution is -2.35.